The van der Waals surface area contributed by atoms with Crippen molar-refractivity contribution < 1.29 is 9.15 Å². The number of aromatic nitrogens is 2. The van der Waals surface area contributed by atoms with Crippen LogP contribution in [0.15, 0.2) is 29.1 Å². The first kappa shape index (κ1) is 12.7. The van der Waals surface area contributed by atoms with E-state index in [-0.39, 0.29) is 0 Å². The van der Waals surface area contributed by atoms with Gasteiger partial charge in [-0.05, 0) is 19.0 Å². The number of ether oxygens (including phenoxy) is 1. The molecule has 5 heteroatoms. The van der Waals surface area contributed by atoms with Gasteiger partial charge in [-0.15, -0.1) is 0 Å². The van der Waals surface area contributed by atoms with Crippen LogP contribution in [0, 0.1) is 0 Å². The first-order valence-corrected chi connectivity index (χ1v) is 6.17. The second kappa shape index (κ2) is 6.26. The summed E-state index contributed by atoms with van der Waals surface area (Å²) in [4.78, 5) is 0. The Hall–Kier alpha value is -1.75. The van der Waals surface area contributed by atoms with Crippen LogP contribution in [0.4, 0.5) is 0 Å². The van der Waals surface area contributed by atoms with Gasteiger partial charge in [-0.2, -0.15) is 5.10 Å². The van der Waals surface area contributed by atoms with Gasteiger partial charge in [0.05, 0.1) is 18.7 Å². The van der Waals surface area contributed by atoms with Crippen molar-refractivity contribution in [2.45, 2.75) is 26.5 Å². The molecule has 0 aliphatic rings. The lowest BCUT2D eigenvalue weighted by Crippen LogP contribution is -2.14. The van der Waals surface area contributed by atoms with E-state index in [1.165, 1.54) is 0 Å². The van der Waals surface area contributed by atoms with Gasteiger partial charge >= 0.3 is 0 Å². The topological polar surface area (TPSA) is 52.2 Å². The van der Waals surface area contributed by atoms with E-state index in [4.69, 9.17) is 9.15 Å². The van der Waals surface area contributed by atoms with Crippen LogP contribution in [0.25, 0.3) is 0 Å². The Morgan fingerprint density at radius 3 is 3.11 bits per heavy atom. The lowest BCUT2D eigenvalue weighted by molar-refractivity contribution is 0.268. The van der Waals surface area contributed by atoms with E-state index >= 15 is 0 Å². The Kier molecular flexibility index (Phi) is 4.41. The highest BCUT2D eigenvalue weighted by Crippen LogP contribution is 2.15. The zero-order valence-electron chi connectivity index (χ0n) is 10.8. The van der Waals surface area contributed by atoms with E-state index in [9.17, 15) is 0 Å². The molecule has 2 rings (SSSR count). The van der Waals surface area contributed by atoms with E-state index in [2.05, 4.69) is 17.3 Å². The smallest absolute Gasteiger partial charge is 0.157 e. The van der Waals surface area contributed by atoms with Gasteiger partial charge in [0, 0.05) is 19.2 Å². The summed E-state index contributed by atoms with van der Waals surface area (Å²) in [6.07, 6.45) is 6.35. The normalized spacial score (nSPS) is 10.8. The van der Waals surface area contributed by atoms with Gasteiger partial charge in [0.2, 0.25) is 0 Å². The average molecular weight is 249 g/mol. The molecule has 5 nitrogen and oxygen atoms in total. The molecule has 0 bridgehead atoms. The molecule has 0 aliphatic heterocycles. The number of nitrogens with zero attached hydrogens (tertiary/aromatic N) is 2. The molecule has 98 valence electrons. The molecule has 0 saturated heterocycles. The molecule has 0 atom stereocenters. The van der Waals surface area contributed by atoms with Gasteiger partial charge in [0.15, 0.2) is 5.75 Å². The maximum Gasteiger partial charge on any atom is 0.157 e. The van der Waals surface area contributed by atoms with Gasteiger partial charge in [-0.3, -0.25) is 4.68 Å². The molecule has 0 saturated carbocycles. The lowest BCUT2D eigenvalue weighted by Gasteiger charge is -2.05. The first-order valence-electron chi connectivity index (χ1n) is 6.17. The van der Waals surface area contributed by atoms with E-state index in [0.29, 0.717) is 6.61 Å². The van der Waals surface area contributed by atoms with Crippen LogP contribution in [0.2, 0.25) is 0 Å². The number of hydrogen-bond acceptors (Lipinski definition) is 4. The van der Waals surface area contributed by atoms with Crippen molar-refractivity contribution in [3.8, 4) is 5.75 Å². The second-order valence-electron chi connectivity index (χ2n) is 4.18. The van der Waals surface area contributed by atoms with Gasteiger partial charge < -0.3 is 14.5 Å². The van der Waals surface area contributed by atoms with Crippen LogP contribution >= 0.6 is 0 Å². The highest BCUT2D eigenvalue weighted by Gasteiger charge is 2.07. The van der Waals surface area contributed by atoms with Crippen molar-refractivity contribution in [2.24, 2.45) is 7.05 Å². The highest BCUT2D eigenvalue weighted by atomic mass is 16.5. The monoisotopic (exact) mass is 249 g/mol. The van der Waals surface area contributed by atoms with Crippen molar-refractivity contribution in [2.75, 3.05) is 6.54 Å². The molecule has 2 aromatic heterocycles. The summed E-state index contributed by atoms with van der Waals surface area (Å²) < 4.78 is 12.8. The largest absolute Gasteiger partial charge is 0.482 e. The number of rotatable bonds is 7. The van der Waals surface area contributed by atoms with Crippen LogP contribution in [0.1, 0.15) is 24.7 Å². The maximum absolute atomic E-state index is 5.61. The van der Waals surface area contributed by atoms with Gasteiger partial charge in [-0.1, -0.05) is 6.92 Å². The molecule has 0 spiro atoms. The highest BCUT2D eigenvalue weighted by molar-refractivity contribution is 5.18. The summed E-state index contributed by atoms with van der Waals surface area (Å²) in [5.74, 6) is 1.61. The SMILES string of the molecule is CCCNCc1ccoc1COc1cnn(C)c1. The average Bonchev–Trinajstić information content (AvgIpc) is 2.96. The number of furan rings is 1. The quantitative estimate of drug-likeness (QED) is 0.763. The number of nitrogens with one attached hydrogen (secondary N) is 1. The summed E-state index contributed by atoms with van der Waals surface area (Å²) in [5, 5.41) is 7.40. The molecule has 0 radical (unpaired) electrons. The fraction of sp³-hybridized carbons (Fsp3) is 0.462. The molecular formula is C13H19N3O2. The predicted octanol–water partition coefficient (Wildman–Crippen LogP) is 2.09. The van der Waals surface area contributed by atoms with E-state index in [1.54, 1.807) is 17.1 Å². The molecule has 0 aromatic carbocycles. The number of aryl methyl sites for hydroxylation is 1. The standard InChI is InChI=1S/C13H19N3O2/c1-3-5-14-7-11-4-6-17-13(11)10-18-12-8-15-16(2)9-12/h4,6,8-9,14H,3,5,7,10H2,1-2H3. The molecule has 2 heterocycles. The van der Waals surface area contributed by atoms with E-state index in [0.717, 1.165) is 36.6 Å². The molecule has 1 N–H and O–H groups in total. The summed E-state index contributed by atoms with van der Waals surface area (Å²) in [6.45, 7) is 4.40. The van der Waals surface area contributed by atoms with Crippen LogP contribution < -0.4 is 10.1 Å². The molecule has 0 aliphatic carbocycles. The molecule has 2 aromatic rings. The van der Waals surface area contributed by atoms with Crippen molar-refractivity contribution in [1.29, 1.82) is 0 Å². The Balaban J connectivity index is 1.87. The van der Waals surface area contributed by atoms with Crippen LogP contribution in [0.5, 0.6) is 5.75 Å². The zero-order valence-corrected chi connectivity index (χ0v) is 10.8. The third-order valence-corrected chi connectivity index (χ3v) is 2.63. The minimum atomic E-state index is 0.432. The fourth-order valence-corrected chi connectivity index (χ4v) is 1.67. The van der Waals surface area contributed by atoms with Crippen LogP contribution in [-0.4, -0.2) is 16.3 Å². The minimum Gasteiger partial charge on any atom is -0.482 e. The fourth-order valence-electron chi connectivity index (χ4n) is 1.67. The summed E-state index contributed by atoms with van der Waals surface area (Å²) >= 11 is 0. The Morgan fingerprint density at radius 2 is 2.39 bits per heavy atom. The molecule has 0 amide bonds. The van der Waals surface area contributed by atoms with Crippen molar-refractivity contribution in [1.82, 2.24) is 15.1 Å². The zero-order chi connectivity index (χ0) is 12.8. The lowest BCUT2D eigenvalue weighted by atomic mass is 10.2. The minimum absolute atomic E-state index is 0.432. The van der Waals surface area contributed by atoms with Crippen molar-refractivity contribution in [3.05, 3.63) is 36.0 Å². The van der Waals surface area contributed by atoms with Gasteiger partial charge in [0.25, 0.3) is 0 Å². The maximum atomic E-state index is 5.61. The predicted molar refractivity (Wildman–Crippen MR) is 68.2 cm³/mol. The summed E-state index contributed by atoms with van der Waals surface area (Å²) in [5.41, 5.74) is 1.15. The molecular weight excluding hydrogens is 230 g/mol. The molecule has 0 unspecified atom stereocenters. The first-order chi connectivity index (χ1) is 8.79. The van der Waals surface area contributed by atoms with E-state index < -0.39 is 0 Å². The van der Waals surface area contributed by atoms with Gasteiger partial charge in [-0.25, -0.2) is 0 Å². The summed E-state index contributed by atoms with van der Waals surface area (Å²) in [6, 6.07) is 1.98. The Morgan fingerprint density at radius 1 is 1.50 bits per heavy atom. The molecule has 18 heavy (non-hydrogen) atoms. The van der Waals surface area contributed by atoms with Crippen molar-refractivity contribution in [3.63, 3.8) is 0 Å². The Labute approximate surface area is 107 Å². The number of hydrogen-bond donors (Lipinski definition) is 1. The van der Waals surface area contributed by atoms with Crippen LogP contribution in [0.3, 0.4) is 0 Å². The van der Waals surface area contributed by atoms with Crippen molar-refractivity contribution >= 4 is 0 Å². The third kappa shape index (κ3) is 3.37. The third-order valence-electron chi connectivity index (χ3n) is 2.63. The van der Waals surface area contributed by atoms with E-state index in [1.807, 2.05) is 19.3 Å². The van der Waals surface area contributed by atoms with Gasteiger partial charge in [0.1, 0.15) is 12.4 Å². The van der Waals surface area contributed by atoms with Crippen LogP contribution in [-0.2, 0) is 20.2 Å². The molecule has 0 fully saturated rings. The second-order valence-corrected chi connectivity index (χ2v) is 4.18. The summed E-state index contributed by atoms with van der Waals surface area (Å²) in [7, 11) is 1.86. The Bertz CT molecular complexity index is 476.